The second-order valence-corrected chi connectivity index (χ2v) is 15.1. The van der Waals surface area contributed by atoms with Crippen molar-refractivity contribution in [1.29, 1.82) is 0 Å². The van der Waals surface area contributed by atoms with Crippen LogP contribution in [0.4, 0.5) is 26.9 Å². The lowest BCUT2D eigenvalue weighted by Crippen LogP contribution is -2.49. The summed E-state index contributed by atoms with van der Waals surface area (Å²) in [5.41, 5.74) is 2.01. The summed E-state index contributed by atoms with van der Waals surface area (Å²) in [5, 5.41) is 22.0. The number of anilines is 3. The molecule has 2 atom stereocenters. The average molecular weight is 692 g/mol. The molecule has 0 bridgehead atoms. The van der Waals surface area contributed by atoms with Crippen LogP contribution in [0.2, 0.25) is 0 Å². The Morgan fingerprint density at radius 3 is 2.42 bits per heavy atom. The van der Waals surface area contributed by atoms with E-state index in [1.165, 1.54) is 9.80 Å². The molecule has 0 unspecified atom stereocenters. The molecule has 272 valence electrons. The van der Waals surface area contributed by atoms with E-state index in [1.807, 2.05) is 73.6 Å². The van der Waals surface area contributed by atoms with E-state index in [9.17, 15) is 19.5 Å². The van der Waals surface area contributed by atoms with Crippen LogP contribution in [-0.2, 0) is 20.8 Å². The minimum atomic E-state index is -0.778. The monoisotopic (exact) mass is 691 g/mol. The van der Waals surface area contributed by atoms with Crippen LogP contribution in [-0.4, -0.2) is 79.6 Å². The Kier molecular flexibility index (Phi) is 11.8. The summed E-state index contributed by atoms with van der Waals surface area (Å²) in [5.74, 6) is 0.651. The number of fused-ring (bicyclic) bond motifs is 1. The number of benzene rings is 1. The van der Waals surface area contributed by atoms with Crippen molar-refractivity contribution in [2.75, 3.05) is 35.2 Å². The molecule has 0 saturated carbocycles. The van der Waals surface area contributed by atoms with Crippen LogP contribution < -0.4 is 15.5 Å². The van der Waals surface area contributed by atoms with Gasteiger partial charge >= 0.3 is 12.2 Å². The number of aromatic nitrogens is 3. The zero-order chi connectivity index (χ0) is 37.0. The summed E-state index contributed by atoms with van der Waals surface area (Å²) in [6.07, 6.45) is 2.27. The van der Waals surface area contributed by atoms with Gasteiger partial charge in [-0.2, -0.15) is 9.61 Å². The van der Waals surface area contributed by atoms with Gasteiger partial charge in [-0.25, -0.2) is 14.6 Å². The number of nitrogens with one attached hydrogen (secondary N) is 2. The minimum absolute atomic E-state index is 0.0954. The van der Waals surface area contributed by atoms with E-state index in [4.69, 9.17) is 14.5 Å². The van der Waals surface area contributed by atoms with Crippen LogP contribution in [0.3, 0.4) is 0 Å². The van der Waals surface area contributed by atoms with E-state index in [0.717, 1.165) is 11.1 Å². The lowest BCUT2D eigenvalue weighted by atomic mass is 9.94. The zero-order valence-corrected chi connectivity index (χ0v) is 31.0. The molecule has 1 aromatic carbocycles. The minimum Gasteiger partial charge on any atom is -0.444 e. The van der Waals surface area contributed by atoms with Crippen LogP contribution in [0.5, 0.6) is 0 Å². The molecule has 2 aromatic heterocycles. The first-order valence-corrected chi connectivity index (χ1v) is 17.2. The maximum absolute atomic E-state index is 13.9. The van der Waals surface area contributed by atoms with E-state index in [0.29, 0.717) is 48.1 Å². The zero-order valence-electron chi connectivity index (χ0n) is 31.0. The molecule has 13 nitrogen and oxygen atoms in total. The number of hydrogen-bond acceptors (Lipinski definition) is 9. The number of rotatable bonds is 9. The summed E-state index contributed by atoms with van der Waals surface area (Å²) in [7, 11) is 0. The Labute approximate surface area is 295 Å². The fourth-order valence-corrected chi connectivity index (χ4v) is 5.45. The Hall–Kier alpha value is -4.65. The number of amides is 3. The lowest BCUT2D eigenvalue weighted by molar-refractivity contribution is -0.112. The average Bonchev–Trinajstić information content (AvgIpc) is 3.45. The molecule has 0 radical (unpaired) electrons. The van der Waals surface area contributed by atoms with Gasteiger partial charge in [-0.05, 0) is 85.4 Å². The van der Waals surface area contributed by atoms with Gasteiger partial charge in [-0.15, -0.1) is 0 Å². The van der Waals surface area contributed by atoms with Crippen molar-refractivity contribution in [2.24, 2.45) is 5.92 Å². The highest BCUT2D eigenvalue weighted by Gasteiger charge is 2.33. The fourth-order valence-electron chi connectivity index (χ4n) is 5.45. The molecule has 1 fully saturated rings. The number of carbonyl (C=O) groups is 3. The molecule has 3 aromatic rings. The van der Waals surface area contributed by atoms with Crippen molar-refractivity contribution in [2.45, 2.75) is 105 Å². The number of aliphatic hydroxyl groups excluding tert-OH is 1. The predicted octanol–water partition coefficient (Wildman–Crippen LogP) is 6.73. The van der Waals surface area contributed by atoms with Gasteiger partial charge in [0.1, 0.15) is 22.8 Å². The molecule has 3 heterocycles. The third-order valence-electron chi connectivity index (χ3n) is 8.23. The van der Waals surface area contributed by atoms with Gasteiger partial charge in [0.2, 0.25) is 0 Å². The van der Waals surface area contributed by atoms with Crippen LogP contribution >= 0.6 is 0 Å². The Bertz CT molecular complexity index is 1720. The van der Waals surface area contributed by atoms with Crippen molar-refractivity contribution < 1.29 is 29.0 Å². The van der Waals surface area contributed by atoms with Crippen molar-refractivity contribution in [3.05, 3.63) is 59.3 Å². The second kappa shape index (κ2) is 15.5. The third-order valence-corrected chi connectivity index (χ3v) is 8.23. The smallest absolute Gasteiger partial charge is 0.416 e. The summed E-state index contributed by atoms with van der Waals surface area (Å²) >= 11 is 0. The highest BCUT2D eigenvalue weighted by atomic mass is 16.6. The van der Waals surface area contributed by atoms with Crippen LogP contribution in [0, 0.1) is 5.92 Å². The number of likely N-dealkylation sites (tertiary alicyclic amines) is 1. The molecule has 1 aliphatic rings. The first kappa shape index (κ1) is 38.2. The largest absolute Gasteiger partial charge is 0.444 e. The predicted molar refractivity (Wildman–Crippen MR) is 194 cm³/mol. The molecular weight excluding hydrogens is 638 g/mol. The van der Waals surface area contributed by atoms with Crippen molar-refractivity contribution in [3.8, 4) is 0 Å². The molecule has 3 amide bonds. The van der Waals surface area contributed by atoms with Gasteiger partial charge in [0.15, 0.2) is 5.65 Å². The molecule has 50 heavy (non-hydrogen) atoms. The van der Waals surface area contributed by atoms with Gasteiger partial charge in [0.05, 0.1) is 25.4 Å². The first-order valence-electron chi connectivity index (χ1n) is 17.2. The van der Waals surface area contributed by atoms with Gasteiger partial charge < -0.3 is 30.1 Å². The van der Waals surface area contributed by atoms with Crippen LogP contribution in [0.25, 0.3) is 5.65 Å². The number of nitrogens with zero attached hydrogens (tertiary/aromatic N) is 5. The summed E-state index contributed by atoms with van der Waals surface area (Å²) < 4.78 is 13.0. The first-order chi connectivity index (χ1) is 23.3. The number of piperidine rings is 1. The summed E-state index contributed by atoms with van der Waals surface area (Å²) in [4.78, 5) is 47.1. The van der Waals surface area contributed by atoms with Crippen molar-refractivity contribution in [3.63, 3.8) is 0 Å². The molecule has 1 aliphatic heterocycles. The standard InChI is InChI=1S/C37H53N7O6/c1-11-24(4)33(46)40-27-14-12-13-25(17-27)21-43(35(48)50-37(8,9)10)31-18-30(41-32-28(23(2)3)20-39-44(31)32)38-19-26-15-16-42(22-29(26)45)34(47)49-36(5,6)7/h11-14,17-18,20,23,26,29,45H,15-16,19,21-22H2,1-10H3,(H,38,41)(H,40,46)/b24-11+/t26-,29+/m1/s1. The number of hydrogen-bond donors (Lipinski definition) is 3. The SMILES string of the molecule is C/C=C(\C)C(=O)Nc1cccc(CN(C(=O)OC(C)(C)C)c2cc(NC[C@H]3CCN(C(=O)OC(C)(C)C)C[C@@H]3O)nc3c(C(C)C)cnn23)c1. The fraction of sp³-hybridized carbons (Fsp3) is 0.541. The molecule has 0 spiro atoms. The van der Waals surface area contributed by atoms with Crippen molar-refractivity contribution in [1.82, 2.24) is 19.5 Å². The number of aliphatic hydroxyl groups is 1. The topological polar surface area (TPSA) is 151 Å². The summed E-state index contributed by atoms with van der Waals surface area (Å²) in [6, 6.07) is 9.06. The molecule has 13 heteroatoms. The molecule has 3 N–H and O–H groups in total. The van der Waals surface area contributed by atoms with Crippen molar-refractivity contribution >= 4 is 41.1 Å². The van der Waals surface area contributed by atoms with E-state index in [2.05, 4.69) is 15.7 Å². The van der Waals surface area contributed by atoms with E-state index in [1.54, 1.807) is 42.8 Å². The van der Waals surface area contributed by atoms with E-state index in [-0.39, 0.29) is 30.8 Å². The molecule has 1 saturated heterocycles. The van der Waals surface area contributed by atoms with Crippen LogP contribution in [0.15, 0.2) is 48.2 Å². The molecule has 4 rings (SSSR count). The van der Waals surface area contributed by atoms with E-state index >= 15 is 0 Å². The van der Waals surface area contributed by atoms with E-state index < -0.39 is 29.5 Å². The van der Waals surface area contributed by atoms with Gasteiger partial charge in [-0.3, -0.25) is 9.69 Å². The number of allylic oxidation sites excluding steroid dienone is 1. The normalized spacial score (nSPS) is 17.1. The van der Waals surface area contributed by atoms with Gasteiger partial charge in [0.25, 0.3) is 5.91 Å². The van der Waals surface area contributed by atoms with Crippen LogP contribution in [0.1, 0.15) is 92.7 Å². The molecular formula is C37H53N7O6. The summed E-state index contributed by atoms with van der Waals surface area (Å²) in [6.45, 7) is 19.6. The van der Waals surface area contributed by atoms with Gasteiger partial charge in [0, 0.05) is 41.9 Å². The highest BCUT2D eigenvalue weighted by molar-refractivity contribution is 6.03. The lowest BCUT2D eigenvalue weighted by Gasteiger charge is -2.36. The quantitative estimate of drug-likeness (QED) is 0.208. The highest BCUT2D eigenvalue weighted by Crippen LogP contribution is 2.30. The number of β-amino-alcohol motifs (C(OH)–C–C–N with tert-alkyl or cyclic N) is 1. The Morgan fingerprint density at radius 1 is 1.10 bits per heavy atom. The number of carbonyl (C=O) groups excluding carboxylic acids is 3. The second-order valence-electron chi connectivity index (χ2n) is 15.1. The third kappa shape index (κ3) is 9.96. The molecule has 0 aliphatic carbocycles. The Morgan fingerprint density at radius 2 is 1.80 bits per heavy atom. The maximum Gasteiger partial charge on any atom is 0.416 e. The Balaban J connectivity index is 1.66. The number of ether oxygens (including phenoxy) is 2. The maximum atomic E-state index is 13.9. The van der Waals surface area contributed by atoms with Gasteiger partial charge in [-0.1, -0.05) is 32.1 Å².